The number of nitrogens with two attached hydrogens (primary N) is 1. The molecule has 1 heterocycles. The Hall–Kier alpha value is -1.61. The van der Waals surface area contributed by atoms with Crippen LogP contribution in [0, 0.1) is 5.82 Å². The fourth-order valence-corrected chi connectivity index (χ4v) is 2.88. The zero-order valence-corrected chi connectivity index (χ0v) is 8.64. The van der Waals surface area contributed by atoms with Crippen LogP contribution < -0.4 is 5.73 Å². The van der Waals surface area contributed by atoms with Gasteiger partial charge in [0, 0.05) is 20.2 Å². The molecule has 3 rings (SSSR count). The topological polar surface area (TPSA) is 26.0 Å². The van der Waals surface area contributed by atoms with Crippen LogP contribution in [0.3, 0.4) is 0 Å². The largest absolute Gasteiger partial charge is 0.396 e. The van der Waals surface area contributed by atoms with E-state index in [4.69, 9.17) is 5.73 Å². The molecule has 74 valence electrons. The summed E-state index contributed by atoms with van der Waals surface area (Å²) in [7, 11) is 0. The van der Waals surface area contributed by atoms with E-state index in [1.54, 1.807) is 17.4 Å². The number of fused-ring (bicyclic) bond motifs is 3. The summed E-state index contributed by atoms with van der Waals surface area (Å²) in [4.78, 5) is 0. The third-order valence-corrected chi connectivity index (χ3v) is 3.63. The molecule has 0 saturated carbocycles. The van der Waals surface area contributed by atoms with Crippen molar-refractivity contribution in [3.63, 3.8) is 0 Å². The second kappa shape index (κ2) is 2.94. The van der Waals surface area contributed by atoms with Crippen LogP contribution in [0.1, 0.15) is 0 Å². The van der Waals surface area contributed by atoms with Crippen LogP contribution in [-0.2, 0) is 0 Å². The van der Waals surface area contributed by atoms with Gasteiger partial charge in [0.15, 0.2) is 0 Å². The molecule has 15 heavy (non-hydrogen) atoms. The predicted molar refractivity (Wildman–Crippen MR) is 63.7 cm³/mol. The Morgan fingerprint density at radius 1 is 1.00 bits per heavy atom. The lowest BCUT2D eigenvalue weighted by Crippen LogP contribution is -1.88. The smallest absolute Gasteiger partial charge is 0.147 e. The highest BCUT2D eigenvalue weighted by molar-refractivity contribution is 7.25. The van der Waals surface area contributed by atoms with Gasteiger partial charge >= 0.3 is 0 Å². The number of halogens is 1. The highest BCUT2D eigenvalue weighted by Crippen LogP contribution is 2.35. The number of hydrogen-bond acceptors (Lipinski definition) is 2. The summed E-state index contributed by atoms with van der Waals surface area (Å²) in [6, 6.07) is 11.3. The van der Waals surface area contributed by atoms with Gasteiger partial charge in [-0.15, -0.1) is 11.3 Å². The van der Waals surface area contributed by atoms with E-state index < -0.39 is 0 Å². The van der Waals surface area contributed by atoms with Crippen LogP contribution in [0.25, 0.3) is 20.2 Å². The lowest BCUT2D eigenvalue weighted by Gasteiger charge is -1.96. The molecular formula is C12H8FNS. The van der Waals surface area contributed by atoms with E-state index in [2.05, 4.69) is 0 Å². The van der Waals surface area contributed by atoms with Gasteiger partial charge in [-0.25, -0.2) is 4.39 Å². The number of nitrogen functional groups attached to an aromatic ring is 1. The zero-order valence-electron chi connectivity index (χ0n) is 7.83. The van der Waals surface area contributed by atoms with Gasteiger partial charge in [-0.1, -0.05) is 18.2 Å². The molecule has 0 unspecified atom stereocenters. The van der Waals surface area contributed by atoms with E-state index in [0.717, 1.165) is 20.2 Å². The summed E-state index contributed by atoms with van der Waals surface area (Å²) in [5, 5.41) is 2.18. The van der Waals surface area contributed by atoms with Crippen molar-refractivity contribution in [1.29, 1.82) is 0 Å². The Morgan fingerprint density at radius 3 is 2.67 bits per heavy atom. The maximum atomic E-state index is 13.3. The van der Waals surface area contributed by atoms with Gasteiger partial charge in [-0.05, 0) is 18.2 Å². The molecule has 0 saturated heterocycles. The molecule has 2 aromatic carbocycles. The van der Waals surface area contributed by atoms with E-state index in [1.807, 2.05) is 24.3 Å². The summed E-state index contributed by atoms with van der Waals surface area (Å²) < 4.78 is 15.4. The van der Waals surface area contributed by atoms with Crippen molar-refractivity contribution in [3.8, 4) is 0 Å². The first-order valence-electron chi connectivity index (χ1n) is 4.62. The summed E-state index contributed by atoms with van der Waals surface area (Å²) >= 11 is 1.59. The first-order chi connectivity index (χ1) is 7.25. The maximum Gasteiger partial charge on any atom is 0.147 e. The molecular weight excluding hydrogens is 209 g/mol. The molecule has 0 fully saturated rings. The minimum atomic E-state index is -0.339. The van der Waals surface area contributed by atoms with E-state index in [0.29, 0.717) is 0 Å². The normalized spacial score (nSPS) is 11.3. The molecule has 2 N–H and O–H groups in total. The molecule has 0 aliphatic carbocycles. The Kier molecular flexibility index (Phi) is 1.70. The second-order valence-corrected chi connectivity index (χ2v) is 4.55. The van der Waals surface area contributed by atoms with Crippen molar-refractivity contribution in [2.45, 2.75) is 0 Å². The quantitative estimate of drug-likeness (QED) is 0.570. The fraction of sp³-hybridized carbons (Fsp3) is 0. The molecule has 0 atom stereocenters. The number of anilines is 1. The van der Waals surface area contributed by atoms with Crippen molar-refractivity contribution in [3.05, 3.63) is 42.2 Å². The van der Waals surface area contributed by atoms with E-state index in [9.17, 15) is 4.39 Å². The molecule has 0 spiro atoms. The highest BCUT2D eigenvalue weighted by atomic mass is 32.1. The first-order valence-corrected chi connectivity index (χ1v) is 5.43. The lowest BCUT2D eigenvalue weighted by atomic mass is 10.1. The average Bonchev–Trinajstić information content (AvgIpc) is 2.57. The summed E-state index contributed by atoms with van der Waals surface area (Å²) in [6.07, 6.45) is 0. The van der Waals surface area contributed by atoms with E-state index in [-0.39, 0.29) is 11.5 Å². The van der Waals surface area contributed by atoms with Gasteiger partial charge in [0.25, 0.3) is 0 Å². The molecule has 0 radical (unpaired) electrons. The average molecular weight is 217 g/mol. The summed E-state index contributed by atoms with van der Waals surface area (Å²) in [6.45, 7) is 0. The van der Waals surface area contributed by atoms with Crippen LogP contribution in [0.2, 0.25) is 0 Å². The zero-order chi connectivity index (χ0) is 10.4. The van der Waals surface area contributed by atoms with Gasteiger partial charge in [0.05, 0.1) is 5.69 Å². The second-order valence-electron chi connectivity index (χ2n) is 3.47. The Labute approximate surface area is 89.9 Å². The van der Waals surface area contributed by atoms with Crippen molar-refractivity contribution < 1.29 is 4.39 Å². The van der Waals surface area contributed by atoms with Gasteiger partial charge < -0.3 is 5.73 Å². The van der Waals surface area contributed by atoms with Crippen LogP contribution in [-0.4, -0.2) is 0 Å². The maximum absolute atomic E-state index is 13.3. The van der Waals surface area contributed by atoms with E-state index in [1.165, 1.54) is 6.07 Å². The van der Waals surface area contributed by atoms with Gasteiger partial charge in [-0.3, -0.25) is 0 Å². The Morgan fingerprint density at radius 2 is 1.80 bits per heavy atom. The van der Waals surface area contributed by atoms with Crippen molar-refractivity contribution in [1.82, 2.24) is 0 Å². The molecule has 1 aromatic heterocycles. The molecule has 1 nitrogen and oxygen atoms in total. The Balaban J connectivity index is 2.56. The first kappa shape index (κ1) is 8.68. The van der Waals surface area contributed by atoms with Gasteiger partial charge in [0.2, 0.25) is 0 Å². The fourth-order valence-electron chi connectivity index (χ4n) is 1.76. The van der Waals surface area contributed by atoms with Crippen LogP contribution in [0.4, 0.5) is 10.1 Å². The van der Waals surface area contributed by atoms with Crippen LogP contribution in [0.5, 0.6) is 0 Å². The minimum Gasteiger partial charge on any atom is -0.396 e. The molecule has 0 bridgehead atoms. The summed E-state index contributed by atoms with van der Waals surface area (Å²) in [5.74, 6) is -0.339. The SMILES string of the molecule is Nc1cc2c(cc1F)sc1ccccc12. The number of hydrogen-bond donors (Lipinski definition) is 1. The third kappa shape index (κ3) is 1.20. The molecule has 3 heteroatoms. The third-order valence-electron chi connectivity index (χ3n) is 2.50. The van der Waals surface area contributed by atoms with Crippen molar-refractivity contribution in [2.75, 3.05) is 5.73 Å². The predicted octanol–water partition coefficient (Wildman–Crippen LogP) is 3.78. The lowest BCUT2D eigenvalue weighted by molar-refractivity contribution is 0.634. The molecule has 0 amide bonds. The summed E-state index contributed by atoms with van der Waals surface area (Å²) in [5.41, 5.74) is 5.78. The van der Waals surface area contributed by atoms with Crippen LogP contribution >= 0.6 is 11.3 Å². The van der Waals surface area contributed by atoms with Crippen molar-refractivity contribution >= 4 is 37.2 Å². The number of benzene rings is 2. The monoisotopic (exact) mass is 217 g/mol. The number of thiophene rings is 1. The van der Waals surface area contributed by atoms with E-state index >= 15 is 0 Å². The highest BCUT2D eigenvalue weighted by Gasteiger charge is 2.07. The number of rotatable bonds is 0. The Bertz CT molecular complexity index is 657. The van der Waals surface area contributed by atoms with Crippen LogP contribution in [0.15, 0.2) is 36.4 Å². The van der Waals surface area contributed by atoms with Crippen molar-refractivity contribution in [2.24, 2.45) is 0 Å². The van der Waals surface area contributed by atoms with Gasteiger partial charge in [0.1, 0.15) is 5.82 Å². The molecule has 3 aromatic rings. The standard InChI is InChI=1S/C12H8FNS/c13-9-6-12-8(5-10(9)14)7-3-1-2-4-11(7)15-12/h1-6H,14H2. The molecule has 0 aliphatic rings. The van der Waals surface area contributed by atoms with Gasteiger partial charge in [-0.2, -0.15) is 0 Å². The molecule has 0 aliphatic heterocycles. The minimum absolute atomic E-state index is 0.214.